The predicted molar refractivity (Wildman–Crippen MR) is 74.5 cm³/mol. The highest BCUT2D eigenvalue weighted by Crippen LogP contribution is 2.10. The van der Waals surface area contributed by atoms with Crippen molar-refractivity contribution in [2.75, 3.05) is 6.61 Å². The molecule has 0 atom stereocenters. The molecule has 0 saturated heterocycles. The second kappa shape index (κ2) is 5.07. The number of nitrogens with zero attached hydrogens (tertiary/aromatic N) is 2. The van der Waals surface area contributed by atoms with Gasteiger partial charge in [0.25, 0.3) is 5.56 Å². The zero-order valence-electron chi connectivity index (χ0n) is 11.1. The molecule has 2 heterocycles. The summed E-state index contributed by atoms with van der Waals surface area (Å²) in [6.45, 7) is 8.24. The van der Waals surface area contributed by atoms with E-state index < -0.39 is 8.07 Å². The van der Waals surface area contributed by atoms with Crippen LogP contribution in [0.15, 0.2) is 23.3 Å². The summed E-state index contributed by atoms with van der Waals surface area (Å²) < 4.78 is 7.56. The van der Waals surface area contributed by atoms with E-state index in [-0.39, 0.29) is 5.56 Å². The van der Waals surface area contributed by atoms with E-state index in [4.69, 9.17) is 4.74 Å². The van der Waals surface area contributed by atoms with Crippen LogP contribution in [-0.2, 0) is 11.5 Å². The molecule has 2 aromatic rings. The maximum atomic E-state index is 11.1. The molecule has 0 aromatic carbocycles. The van der Waals surface area contributed by atoms with Gasteiger partial charge in [-0.1, -0.05) is 19.6 Å². The predicted octanol–water partition coefficient (Wildman–Crippen LogP) is 2.04. The lowest BCUT2D eigenvalue weighted by atomic mass is 10.5. The Morgan fingerprint density at radius 1 is 1.44 bits per heavy atom. The van der Waals surface area contributed by atoms with Crippen LogP contribution in [0.25, 0.3) is 11.2 Å². The van der Waals surface area contributed by atoms with Crippen LogP contribution in [0, 0.1) is 0 Å². The molecular weight excluding hydrogens is 246 g/mol. The fourth-order valence-corrected chi connectivity index (χ4v) is 2.39. The third-order valence-electron chi connectivity index (χ3n) is 2.72. The van der Waals surface area contributed by atoms with E-state index in [1.807, 2.05) is 16.8 Å². The number of aromatic nitrogens is 3. The summed E-state index contributed by atoms with van der Waals surface area (Å²) in [5.41, 5.74) is 1.32. The largest absolute Gasteiger partial charge is 0.361 e. The maximum absolute atomic E-state index is 11.1. The van der Waals surface area contributed by atoms with Gasteiger partial charge in [-0.25, -0.2) is 4.98 Å². The van der Waals surface area contributed by atoms with Crippen LogP contribution in [0.1, 0.15) is 0 Å². The molecule has 0 aliphatic heterocycles. The normalized spacial score (nSPS) is 12.2. The van der Waals surface area contributed by atoms with Crippen LogP contribution in [-0.4, -0.2) is 29.2 Å². The Balaban J connectivity index is 1.98. The fourth-order valence-electron chi connectivity index (χ4n) is 1.64. The minimum Gasteiger partial charge on any atom is -0.361 e. The summed E-state index contributed by atoms with van der Waals surface area (Å²) in [6.07, 6.45) is 3.17. The fraction of sp³-hybridized carbons (Fsp3) is 0.500. The SMILES string of the molecule is C[Si](C)(C)CCOCn1ccc2[nH]c(=O)cnc21. The number of nitrogens with one attached hydrogen (secondary N) is 1. The Morgan fingerprint density at radius 2 is 2.22 bits per heavy atom. The van der Waals surface area contributed by atoms with Crippen molar-refractivity contribution < 1.29 is 4.74 Å². The summed E-state index contributed by atoms with van der Waals surface area (Å²) >= 11 is 0. The highest BCUT2D eigenvalue weighted by Gasteiger charge is 2.12. The van der Waals surface area contributed by atoms with Gasteiger partial charge in [-0.15, -0.1) is 0 Å². The molecule has 1 N–H and O–H groups in total. The Hall–Kier alpha value is -1.40. The van der Waals surface area contributed by atoms with Gasteiger partial charge in [0, 0.05) is 20.9 Å². The second-order valence-electron chi connectivity index (χ2n) is 5.62. The van der Waals surface area contributed by atoms with Crippen molar-refractivity contribution in [2.45, 2.75) is 32.4 Å². The lowest BCUT2D eigenvalue weighted by molar-refractivity contribution is 0.0899. The molecule has 0 saturated carbocycles. The molecule has 0 amide bonds. The Labute approximate surface area is 107 Å². The molecule has 0 unspecified atom stereocenters. The number of H-pyrrole nitrogens is 1. The van der Waals surface area contributed by atoms with E-state index >= 15 is 0 Å². The van der Waals surface area contributed by atoms with Crippen LogP contribution in [0.2, 0.25) is 25.7 Å². The van der Waals surface area contributed by atoms with Crippen LogP contribution >= 0.6 is 0 Å². The summed E-state index contributed by atoms with van der Waals surface area (Å²) in [4.78, 5) is 18.0. The van der Waals surface area contributed by atoms with Crippen LogP contribution in [0.3, 0.4) is 0 Å². The third-order valence-corrected chi connectivity index (χ3v) is 4.43. The van der Waals surface area contributed by atoms with Gasteiger partial charge >= 0.3 is 0 Å². The van der Waals surface area contributed by atoms with E-state index in [9.17, 15) is 4.79 Å². The first-order valence-electron chi connectivity index (χ1n) is 6.08. The Morgan fingerprint density at radius 3 is 2.94 bits per heavy atom. The molecule has 2 aromatic heterocycles. The van der Waals surface area contributed by atoms with Gasteiger partial charge in [0.2, 0.25) is 0 Å². The van der Waals surface area contributed by atoms with E-state index in [0.29, 0.717) is 6.73 Å². The first kappa shape index (κ1) is 13.0. The second-order valence-corrected chi connectivity index (χ2v) is 11.2. The summed E-state index contributed by atoms with van der Waals surface area (Å²) in [5, 5.41) is 0. The average molecular weight is 265 g/mol. The number of fused-ring (bicyclic) bond motifs is 1. The molecule has 0 fully saturated rings. The zero-order chi connectivity index (χ0) is 13.2. The molecule has 6 heteroatoms. The van der Waals surface area contributed by atoms with Crippen molar-refractivity contribution in [1.29, 1.82) is 0 Å². The van der Waals surface area contributed by atoms with Gasteiger partial charge < -0.3 is 14.3 Å². The first-order valence-corrected chi connectivity index (χ1v) is 9.78. The number of aromatic amines is 1. The molecule has 0 radical (unpaired) electrons. The van der Waals surface area contributed by atoms with Gasteiger partial charge in [-0.05, 0) is 12.1 Å². The number of hydrogen-bond acceptors (Lipinski definition) is 3. The van der Waals surface area contributed by atoms with E-state index in [1.54, 1.807) is 0 Å². The molecule has 0 aliphatic rings. The molecule has 0 bridgehead atoms. The minimum absolute atomic E-state index is 0.181. The van der Waals surface area contributed by atoms with E-state index in [1.165, 1.54) is 6.20 Å². The van der Waals surface area contributed by atoms with Crippen molar-refractivity contribution in [2.24, 2.45) is 0 Å². The third kappa shape index (κ3) is 3.30. The van der Waals surface area contributed by atoms with Gasteiger partial charge in [0.1, 0.15) is 6.73 Å². The standard InChI is InChI=1S/C12H19N3O2Si/c1-18(2,3)7-6-17-9-15-5-4-10-12(15)13-8-11(16)14-10/h4-5,8H,6-7,9H2,1-3H3,(H,14,16). The molecule has 0 spiro atoms. The number of ether oxygens (including phenoxy) is 1. The molecular formula is C12H19N3O2Si. The first-order chi connectivity index (χ1) is 8.46. The van der Waals surface area contributed by atoms with Crippen LogP contribution in [0.5, 0.6) is 0 Å². The molecule has 5 nitrogen and oxygen atoms in total. The van der Waals surface area contributed by atoms with Crippen molar-refractivity contribution in [1.82, 2.24) is 14.5 Å². The van der Waals surface area contributed by atoms with Crippen molar-refractivity contribution >= 4 is 19.2 Å². The highest BCUT2D eigenvalue weighted by molar-refractivity contribution is 6.76. The van der Waals surface area contributed by atoms with Gasteiger partial charge in [-0.2, -0.15) is 0 Å². The maximum Gasteiger partial charge on any atom is 0.266 e. The molecule has 18 heavy (non-hydrogen) atoms. The van der Waals surface area contributed by atoms with Crippen molar-refractivity contribution in [3.05, 3.63) is 28.8 Å². The van der Waals surface area contributed by atoms with Crippen LogP contribution < -0.4 is 5.56 Å². The minimum atomic E-state index is -1.04. The van der Waals surface area contributed by atoms with E-state index in [0.717, 1.165) is 23.8 Å². The summed E-state index contributed by atoms with van der Waals surface area (Å²) in [6, 6.07) is 2.99. The van der Waals surface area contributed by atoms with Gasteiger partial charge in [0.05, 0.1) is 11.7 Å². The Bertz CT molecular complexity index is 583. The Kier molecular flexibility index (Phi) is 3.67. The number of hydrogen-bond donors (Lipinski definition) is 1. The highest BCUT2D eigenvalue weighted by atomic mass is 28.3. The number of rotatable bonds is 5. The molecule has 0 aliphatic carbocycles. The smallest absolute Gasteiger partial charge is 0.266 e. The lowest BCUT2D eigenvalue weighted by Crippen LogP contribution is -2.22. The van der Waals surface area contributed by atoms with Crippen molar-refractivity contribution in [3.63, 3.8) is 0 Å². The molecule has 98 valence electrons. The monoisotopic (exact) mass is 265 g/mol. The van der Waals surface area contributed by atoms with E-state index in [2.05, 4.69) is 29.6 Å². The quantitative estimate of drug-likeness (QED) is 0.665. The van der Waals surface area contributed by atoms with Crippen molar-refractivity contribution in [3.8, 4) is 0 Å². The summed E-state index contributed by atoms with van der Waals surface area (Å²) in [7, 11) is -1.04. The zero-order valence-corrected chi connectivity index (χ0v) is 12.1. The van der Waals surface area contributed by atoms with Gasteiger partial charge in [0.15, 0.2) is 5.65 Å². The lowest BCUT2D eigenvalue weighted by Gasteiger charge is -2.15. The topological polar surface area (TPSA) is 59.9 Å². The van der Waals surface area contributed by atoms with Crippen LogP contribution in [0.4, 0.5) is 0 Å². The molecule has 2 rings (SSSR count). The summed E-state index contributed by atoms with van der Waals surface area (Å²) in [5.74, 6) is 0. The average Bonchev–Trinajstić information content (AvgIpc) is 2.65. The van der Waals surface area contributed by atoms with Gasteiger partial charge in [-0.3, -0.25) is 4.79 Å².